The third-order valence-corrected chi connectivity index (χ3v) is 6.07. The summed E-state index contributed by atoms with van der Waals surface area (Å²) in [5.41, 5.74) is 4.39. The third kappa shape index (κ3) is 4.86. The number of carbonyl (C=O) groups is 3. The molecule has 33 heavy (non-hydrogen) atoms. The number of aliphatic hydroxyl groups is 1. The van der Waals surface area contributed by atoms with Crippen molar-refractivity contribution >= 4 is 34.4 Å². The van der Waals surface area contributed by atoms with Crippen molar-refractivity contribution in [3.63, 3.8) is 0 Å². The minimum absolute atomic E-state index is 0.0434. The van der Waals surface area contributed by atoms with Crippen LogP contribution in [0.3, 0.4) is 0 Å². The Hall–Kier alpha value is -3.76. The normalized spacial score (nSPS) is 13.0. The number of aliphatic carboxylic acids is 1. The van der Waals surface area contributed by atoms with E-state index in [1.54, 1.807) is 0 Å². The number of rotatable bonds is 8. The summed E-state index contributed by atoms with van der Waals surface area (Å²) >= 11 is 1.01. The van der Waals surface area contributed by atoms with Crippen LogP contribution in [0.2, 0.25) is 0 Å². The summed E-state index contributed by atoms with van der Waals surface area (Å²) in [6.45, 7) is -0.247. The minimum atomic E-state index is -1.26. The molecule has 0 saturated carbocycles. The van der Waals surface area contributed by atoms with Crippen LogP contribution in [0, 0.1) is 0 Å². The van der Waals surface area contributed by atoms with Crippen molar-refractivity contribution in [3.05, 3.63) is 70.7 Å². The van der Waals surface area contributed by atoms with E-state index in [0.717, 1.165) is 33.6 Å². The molecule has 1 aliphatic carbocycles. The van der Waals surface area contributed by atoms with Crippen LogP contribution in [-0.2, 0) is 9.53 Å². The van der Waals surface area contributed by atoms with Crippen molar-refractivity contribution in [1.82, 2.24) is 10.3 Å². The molecule has 0 bridgehead atoms. The fourth-order valence-electron chi connectivity index (χ4n) is 3.78. The van der Waals surface area contributed by atoms with Gasteiger partial charge in [0.25, 0.3) is 5.91 Å². The molecule has 3 aromatic rings. The molecule has 9 nitrogen and oxygen atoms in total. The molecular formula is C23H21N3O6S. The van der Waals surface area contributed by atoms with Crippen LogP contribution in [0.15, 0.2) is 53.9 Å². The van der Waals surface area contributed by atoms with Gasteiger partial charge < -0.3 is 20.3 Å². The third-order valence-electron chi connectivity index (χ3n) is 5.31. The zero-order valence-corrected chi connectivity index (χ0v) is 18.2. The molecule has 0 aliphatic heterocycles. The number of hydrogen-bond donors (Lipinski definition) is 4. The summed E-state index contributed by atoms with van der Waals surface area (Å²) in [5, 5.41) is 24.3. The summed E-state index contributed by atoms with van der Waals surface area (Å²) in [6, 6.07) is 14.8. The minimum Gasteiger partial charge on any atom is -0.480 e. The van der Waals surface area contributed by atoms with Gasteiger partial charge in [0.15, 0.2) is 5.13 Å². The molecule has 1 aromatic heterocycles. The van der Waals surface area contributed by atoms with E-state index in [9.17, 15) is 14.4 Å². The van der Waals surface area contributed by atoms with Gasteiger partial charge in [-0.3, -0.25) is 10.1 Å². The number of hydrogen-bond acceptors (Lipinski definition) is 7. The Balaban J connectivity index is 1.36. The van der Waals surface area contributed by atoms with E-state index in [-0.39, 0.29) is 36.4 Å². The van der Waals surface area contributed by atoms with Crippen LogP contribution in [-0.4, -0.2) is 52.4 Å². The van der Waals surface area contributed by atoms with Gasteiger partial charge in [0.1, 0.15) is 18.3 Å². The first-order valence-electron chi connectivity index (χ1n) is 10.2. The molecule has 1 aliphatic rings. The van der Waals surface area contributed by atoms with Crippen LogP contribution < -0.4 is 10.6 Å². The van der Waals surface area contributed by atoms with Crippen LogP contribution in [0.1, 0.15) is 34.0 Å². The predicted molar refractivity (Wildman–Crippen MR) is 121 cm³/mol. The first kappa shape index (κ1) is 22.4. The van der Waals surface area contributed by atoms with Crippen molar-refractivity contribution in [1.29, 1.82) is 0 Å². The molecule has 1 heterocycles. The Morgan fingerprint density at radius 1 is 1.06 bits per heavy atom. The Morgan fingerprint density at radius 2 is 1.70 bits per heavy atom. The predicted octanol–water partition coefficient (Wildman–Crippen LogP) is 3.07. The average Bonchev–Trinajstić information content (AvgIpc) is 3.40. The second-order valence-electron chi connectivity index (χ2n) is 7.37. The van der Waals surface area contributed by atoms with E-state index in [1.165, 1.54) is 5.38 Å². The van der Waals surface area contributed by atoms with Crippen molar-refractivity contribution in [2.45, 2.75) is 18.4 Å². The number of anilines is 1. The number of nitrogens with one attached hydrogen (secondary N) is 2. The summed E-state index contributed by atoms with van der Waals surface area (Å²) in [7, 11) is 0. The lowest BCUT2D eigenvalue weighted by molar-refractivity contribution is -0.139. The Bertz CT molecular complexity index is 1150. The first-order valence-corrected chi connectivity index (χ1v) is 11.1. The van der Waals surface area contributed by atoms with E-state index in [0.29, 0.717) is 0 Å². The maximum Gasteiger partial charge on any atom is 0.413 e. The van der Waals surface area contributed by atoms with Gasteiger partial charge in [0.2, 0.25) is 0 Å². The van der Waals surface area contributed by atoms with Gasteiger partial charge in [-0.25, -0.2) is 14.6 Å². The number of ether oxygens (including phenoxy) is 1. The second kappa shape index (κ2) is 9.80. The highest BCUT2D eigenvalue weighted by Gasteiger charge is 2.29. The summed E-state index contributed by atoms with van der Waals surface area (Å²) in [4.78, 5) is 39.7. The number of amides is 2. The highest BCUT2D eigenvalue weighted by Crippen LogP contribution is 2.44. The monoisotopic (exact) mass is 467 g/mol. The number of aliphatic hydroxyl groups excluding tert-OH is 1. The number of carboxylic acids is 1. The average molecular weight is 468 g/mol. The van der Waals surface area contributed by atoms with Crippen LogP contribution in [0.5, 0.6) is 0 Å². The zero-order chi connectivity index (χ0) is 23.4. The van der Waals surface area contributed by atoms with Gasteiger partial charge in [-0.1, -0.05) is 48.5 Å². The van der Waals surface area contributed by atoms with Gasteiger partial charge in [-0.2, -0.15) is 0 Å². The number of nitrogens with zero attached hydrogens (tertiary/aromatic N) is 1. The second-order valence-corrected chi connectivity index (χ2v) is 8.22. The molecule has 4 N–H and O–H groups in total. The van der Waals surface area contributed by atoms with Crippen LogP contribution >= 0.6 is 11.3 Å². The van der Waals surface area contributed by atoms with Crippen molar-refractivity contribution in [2.75, 3.05) is 18.5 Å². The van der Waals surface area contributed by atoms with Crippen LogP contribution in [0.25, 0.3) is 11.1 Å². The maximum absolute atomic E-state index is 12.4. The van der Waals surface area contributed by atoms with E-state index >= 15 is 0 Å². The molecule has 0 fully saturated rings. The summed E-state index contributed by atoms with van der Waals surface area (Å²) < 4.78 is 5.45. The Morgan fingerprint density at radius 3 is 2.30 bits per heavy atom. The fraction of sp³-hybridized carbons (Fsp3) is 0.217. The number of fused-ring (bicyclic) bond motifs is 3. The molecule has 0 saturated heterocycles. The molecule has 170 valence electrons. The first-order chi connectivity index (χ1) is 16.0. The molecule has 10 heteroatoms. The van der Waals surface area contributed by atoms with Crippen molar-refractivity contribution in [2.24, 2.45) is 0 Å². The molecule has 0 spiro atoms. The van der Waals surface area contributed by atoms with Gasteiger partial charge >= 0.3 is 12.1 Å². The lowest BCUT2D eigenvalue weighted by Gasteiger charge is -2.14. The molecule has 4 rings (SSSR count). The van der Waals surface area contributed by atoms with Gasteiger partial charge in [0.05, 0.1) is 0 Å². The summed E-state index contributed by atoms with van der Waals surface area (Å²) in [5.74, 6) is -2.06. The van der Waals surface area contributed by atoms with Crippen molar-refractivity contribution in [3.8, 4) is 11.1 Å². The highest BCUT2D eigenvalue weighted by molar-refractivity contribution is 7.14. The SMILES string of the molecule is O=C(Nc1nc(C(=O)N[C@@H](CCO)C(=O)O)cs1)OCC1c2ccccc2-c2ccccc21. The topological polar surface area (TPSA) is 138 Å². The number of thiazole rings is 1. The number of carbonyl (C=O) groups excluding carboxylic acids is 2. The number of aromatic nitrogens is 1. The fourth-order valence-corrected chi connectivity index (χ4v) is 4.45. The largest absolute Gasteiger partial charge is 0.480 e. The van der Waals surface area contributed by atoms with Gasteiger partial charge in [-0.05, 0) is 22.3 Å². The molecule has 0 unspecified atom stereocenters. The van der Waals surface area contributed by atoms with E-state index in [4.69, 9.17) is 14.9 Å². The molecule has 2 aromatic carbocycles. The molecule has 1 atom stereocenters. The Kier molecular flexibility index (Phi) is 6.66. The van der Waals surface area contributed by atoms with Crippen LogP contribution in [0.4, 0.5) is 9.93 Å². The highest BCUT2D eigenvalue weighted by atomic mass is 32.1. The van der Waals surface area contributed by atoms with Crippen molar-refractivity contribution < 1.29 is 29.3 Å². The van der Waals surface area contributed by atoms with E-state index < -0.39 is 24.0 Å². The van der Waals surface area contributed by atoms with E-state index in [1.807, 2.05) is 48.5 Å². The Labute approximate surface area is 193 Å². The molecule has 0 radical (unpaired) electrons. The number of carboxylic acid groups (broad SMARTS) is 1. The lowest BCUT2D eigenvalue weighted by Crippen LogP contribution is -2.41. The van der Waals surface area contributed by atoms with Gasteiger partial charge in [-0.15, -0.1) is 11.3 Å². The van der Waals surface area contributed by atoms with Gasteiger partial charge in [0, 0.05) is 24.3 Å². The lowest BCUT2D eigenvalue weighted by atomic mass is 9.98. The maximum atomic E-state index is 12.4. The molecular weight excluding hydrogens is 446 g/mol. The smallest absolute Gasteiger partial charge is 0.413 e. The number of benzene rings is 2. The standard InChI is InChI=1S/C23H21N3O6S/c27-10-9-18(21(29)30)24-20(28)19-12-33-22(25-19)26-23(31)32-11-17-15-7-3-1-5-13(15)14-6-2-4-8-16(14)17/h1-8,12,17-18,27H,9-11H2,(H,24,28)(H,29,30)(H,25,26,31)/t18-/m0/s1. The quantitative estimate of drug-likeness (QED) is 0.399. The molecule has 2 amide bonds. The summed E-state index contributed by atoms with van der Waals surface area (Å²) in [6.07, 6.45) is -0.836. The zero-order valence-electron chi connectivity index (χ0n) is 17.4. The van der Waals surface area contributed by atoms with E-state index in [2.05, 4.69) is 15.6 Å².